The molecule has 0 atom stereocenters. The van der Waals surface area contributed by atoms with Gasteiger partial charge in [-0.15, -0.1) is 0 Å². The number of hydrogen-bond acceptors (Lipinski definition) is 3. The van der Waals surface area contributed by atoms with Crippen LogP contribution in [0.3, 0.4) is 0 Å². The highest BCUT2D eigenvalue weighted by atomic mass is 19.1. The lowest BCUT2D eigenvalue weighted by molar-refractivity contribution is 0.318. The van der Waals surface area contributed by atoms with Crippen LogP contribution >= 0.6 is 0 Å². The van der Waals surface area contributed by atoms with Gasteiger partial charge >= 0.3 is 0 Å². The minimum Gasteiger partial charge on any atom is -0.409 e. The van der Waals surface area contributed by atoms with Crippen LogP contribution in [-0.4, -0.2) is 17.6 Å². The monoisotopic (exact) mass is 293 g/mol. The van der Waals surface area contributed by atoms with Crippen LogP contribution in [0.4, 0.5) is 4.39 Å². The highest BCUT2D eigenvalue weighted by Gasteiger charge is 2.63. The van der Waals surface area contributed by atoms with Crippen LogP contribution in [0.1, 0.15) is 38.8 Å². The number of nitrogens with zero attached hydrogens (tertiary/aromatic N) is 1. The Hall–Kier alpha value is -1.62. The fourth-order valence-electron chi connectivity index (χ4n) is 3.16. The van der Waals surface area contributed by atoms with Crippen LogP contribution in [-0.2, 0) is 6.54 Å². The normalized spacial score (nSPS) is 20.5. The van der Waals surface area contributed by atoms with Crippen LogP contribution in [0.25, 0.3) is 0 Å². The average Bonchev–Trinajstić information content (AvgIpc) is 2.79. The van der Waals surface area contributed by atoms with Crippen LogP contribution in [0.2, 0.25) is 0 Å². The van der Waals surface area contributed by atoms with Crippen LogP contribution < -0.4 is 11.1 Å². The number of halogens is 1. The zero-order chi connectivity index (χ0) is 15.8. The van der Waals surface area contributed by atoms with Crippen molar-refractivity contribution in [2.24, 2.45) is 27.6 Å². The highest BCUT2D eigenvalue weighted by molar-refractivity contribution is 5.97. The molecule has 0 amide bonds. The summed E-state index contributed by atoms with van der Waals surface area (Å²) >= 11 is 0. The molecule has 5 heteroatoms. The van der Waals surface area contributed by atoms with Crippen molar-refractivity contribution in [1.29, 1.82) is 0 Å². The predicted octanol–water partition coefficient (Wildman–Crippen LogP) is 2.69. The Morgan fingerprint density at radius 3 is 2.43 bits per heavy atom. The Bertz CT molecular complexity index is 553. The van der Waals surface area contributed by atoms with Gasteiger partial charge in [0.15, 0.2) is 5.84 Å². The summed E-state index contributed by atoms with van der Waals surface area (Å²) < 4.78 is 13.5. The van der Waals surface area contributed by atoms with Gasteiger partial charge in [-0.1, -0.05) is 32.9 Å². The van der Waals surface area contributed by atoms with Crippen molar-refractivity contribution in [2.45, 2.75) is 34.2 Å². The lowest BCUT2D eigenvalue weighted by Gasteiger charge is -2.08. The van der Waals surface area contributed by atoms with Crippen molar-refractivity contribution < 1.29 is 9.60 Å². The topological polar surface area (TPSA) is 70.6 Å². The van der Waals surface area contributed by atoms with E-state index in [1.807, 2.05) is 0 Å². The first-order valence-electron chi connectivity index (χ1n) is 7.18. The summed E-state index contributed by atoms with van der Waals surface area (Å²) in [6, 6.07) is 4.45. The van der Waals surface area contributed by atoms with Crippen LogP contribution in [0, 0.1) is 22.6 Å². The third kappa shape index (κ3) is 2.88. The Morgan fingerprint density at radius 2 is 1.90 bits per heavy atom. The molecule has 0 spiro atoms. The predicted molar refractivity (Wildman–Crippen MR) is 81.7 cm³/mol. The van der Waals surface area contributed by atoms with Gasteiger partial charge in [-0.25, -0.2) is 4.39 Å². The molecule has 0 bridgehead atoms. The van der Waals surface area contributed by atoms with Gasteiger partial charge in [0.1, 0.15) is 5.82 Å². The molecule has 4 N–H and O–H groups in total. The van der Waals surface area contributed by atoms with E-state index in [-0.39, 0.29) is 11.7 Å². The second kappa shape index (κ2) is 5.30. The third-order valence-corrected chi connectivity index (χ3v) is 5.36. The Kier molecular flexibility index (Phi) is 3.97. The third-order valence-electron chi connectivity index (χ3n) is 5.36. The fourth-order valence-corrected chi connectivity index (χ4v) is 3.16. The fraction of sp³-hybridized carbons (Fsp3) is 0.562. The van der Waals surface area contributed by atoms with Gasteiger partial charge in [0, 0.05) is 12.1 Å². The average molecular weight is 293 g/mol. The highest BCUT2D eigenvalue weighted by Crippen LogP contribution is 2.67. The van der Waals surface area contributed by atoms with Crippen molar-refractivity contribution >= 4 is 5.84 Å². The van der Waals surface area contributed by atoms with Gasteiger partial charge in [0.2, 0.25) is 0 Å². The molecule has 0 saturated heterocycles. The summed E-state index contributed by atoms with van der Waals surface area (Å²) in [7, 11) is 0. The number of rotatable bonds is 5. The molecule has 2 rings (SSSR count). The summed E-state index contributed by atoms with van der Waals surface area (Å²) in [5, 5.41) is 14.9. The van der Waals surface area contributed by atoms with Gasteiger partial charge in [-0.3, -0.25) is 0 Å². The molecule has 1 aliphatic rings. The Morgan fingerprint density at radius 1 is 1.29 bits per heavy atom. The SMILES string of the molecule is CC1(C)C(CNCc2cc(F)cc(/C(N)=N/O)c2)C1(C)C. The smallest absolute Gasteiger partial charge is 0.170 e. The molecule has 0 aromatic heterocycles. The Labute approximate surface area is 125 Å². The summed E-state index contributed by atoms with van der Waals surface area (Å²) in [6.45, 7) is 10.6. The molecule has 116 valence electrons. The number of hydrogen-bond donors (Lipinski definition) is 3. The molecule has 0 aliphatic heterocycles. The quantitative estimate of drug-likeness (QED) is 0.338. The number of benzene rings is 1. The number of amidine groups is 1. The van der Waals surface area contributed by atoms with E-state index in [2.05, 4.69) is 38.2 Å². The van der Waals surface area contributed by atoms with Crippen molar-refractivity contribution in [2.75, 3.05) is 6.54 Å². The standard InChI is InChI=1S/C16H24FN3O/c1-15(2)13(16(15,3)4)9-19-8-10-5-11(14(18)20-21)7-12(17)6-10/h5-7,13,19,21H,8-9H2,1-4H3,(H2,18,20). The summed E-state index contributed by atoms with van der Waals surface area (Å²) in [5.74, 6) is 0.144. The van der Waals surface area contributed by atoms with Gasteiger partial charge in [-0.2, -0.15) is 0 Å². The van der Waals surface area contributed by atoms with E-state index in [4.69, 9.17) is 10.9 Å². The zero-order valence-electron chi connectivity index (χ0n) is 13.1. The molecular weight excluding hydrogens is 269 g/mol. The Balaban J connectivity index is 1.97. The van der Waals surface area contributed by atoms with E-state index in [0.717, 1.165) is 12.1 Å². The molecule has 0 unspecified atom stereocenters. The number of nitrogens with one attached hydrogen (secondary N) is 1. The second-order valence-electron chi connectivity index (χ2n) is 6.96. The van der Waals surface area contributed by atoms with E-state index in [1.54, 1.807) is 6.07 Å². The first kappa shape index (κ1) is 15.8. The molecule has 21 heavy (non-hydrogen) atoms. The maximum Gasteiger partial charge on any atom is 0.170 e. The van der Waals surface area contributed by atoms with E-state index in [0.29, 0.717) is 28.9 Å². The summed E-state index contributed by atoms with van der Waals surface area (Å²) in [6.07, 6.45) is 0. The maximum absolute atomic E-state index is 13.5. The first-order chi connectivity index (χ1) is 9.70. The van der Waals surface area contributed by atoms with Crippen LogP contribution in [0.5, 0.6) is 0 Å². The lowest BCUT2D eigenvalue weighted by atomic mass is 10.0. The van der Waals surface area contributed by atoms with Gasteiger partial charge < -0.3 is 16.3 Å². The molecule has 1 fully saturated rings. The van der Waals surface area contributed by atoms with E-state index < -0.39 is 0 Å². The van der Waals surface area contributed by atoms with Gasteiger partial charge in [-0.05, 0) is 47.1 Å². The second-order valence-corrected chi connectivity index (χ2v) is 6.96. The molecule has 1 aliphatic carbocycles. The first-order valence-corrected chi connectivity index (χ1v) is 7.18. The van der Waals surface area contributed by atoms with Crippen molar-refractivity contribution in [1.82, 2.24) is 5.32 Å². The van der Waals surface area contributed by atoms with E-state index in [9.17, 15) is 4.39 Å². The van der Waals surface area contributed by atoms with Gasteiger partial charge in [0.25, 0.3) is 0 Å². The summed E-state index contributed by atoms with van der Waals surface area (Å²) in [4.78, 5) is 0. The van der Waals surface area contributed by atoms with E-state index in [1.165, 1.54) is 12.1 Å². The molecule has 1 saturated carbocycles. The van der Waals surface area contributed by atoms with Crippen molar-refractivity contribution in [3.8, 4) is 0 Å². The molecule has 1 aromatic carbocycles. The number of nitrogens with two attached hydrogens (primary N) is 1. The zero-order valence-corrected chi connectivity index (χ0v) is 13.1. The van der Waals surface area contributed by atoms with E-state index >= 15 is 0 Å². The molecule has 0 heterocycles. The van der Waals surface area contributed by atoms with Gasteiger partial charge in [0.05, 0.1) is 0 Å². The number of oxime groups is 1. The molecule has 0 radical (unpaired) electrons. The molecule has 4 nitrogen and oxygen atoms in total. The maximum atomic E-state index is 13.5. The lowest BCUT2D eigenvalue weighted by Crippen LogP contribution is -2.20. The largest absolute Gasteiger partial charge is 0.409 e. The van der Waals surface area contributed by atoms with Crippen molar-refractivity contribution in [3.05, 3.63) is 35.1 Å². The minimum absolute atomic E-state index is 0.0831. The summed E-state index contributed by atoms with van der Waals surface area (Å²) in [5.41, 5.74) is 7.35. The van der Waals surface area contributed by atoms with Crippen molar-refractivity contribution in [3.63, 3.8) is 0 Å². The minimum atomic E-state index is -0.386. The van der Waals surface area contributed by atoms with Crippen LogP contribution in [0.15, 0.2) is 23.4 Å². The molecular formula is C16H24FN3O. The molecule has 1 aromatic rings.